The van der Waals surface area contributed by atoms with Gasteiger partial charge in [-0.3, -0.25) is 9.78 Å². The maximum atomic E-state index is 11.0. The van der Waals surface area contributed by atoms with Gasteiger partial charge in [0.2, 0.25) is 0 Å². The summed E-state index contributed by atoms with van der Waals surface area (Å²) < 4.78 is 0. The van der Waals surface area contributed by atoms with Gasteiger partial charge in [-0.25, -0.2) is 4.98 Å². The molecule has 14 heavy (non-hydrogen) atoms. The monoisotopic (exact) mass is 189 g/mol. The van der Waals surface area contributed by atoms with Crippen LogP contribution < -0.4 is 16.4 Å². The lowest BCUT2D eigenvalue weighted by molar-refractivity contribution is -0.112. The number of carbonyl (C=O) groups excluding carboxylic acids is 1. The van der Waals surface area contributed by atoms with Gasteiger partial charge in [-0.15, -0.1) is 0 Å². The van der Waals surface area contributed by atoms with E-state index in [9.17, 15) is 4.79 Å². The van der Waals surface area contributed by atoms with E-state index in [0.717, 1.165) is 0 Å². The van der Waals surface area contributed by atoms with Gasteiger partial charge in [-0.1, -0.05) is 19.2 Å². The van der Waals surface area contributed by atoms with Crippen LogP contribution in [0.1, 0.15) is 5.69 Å². The van der Waals surface area contributed by atoms with Crippen LogP contribution >= 0.6 is 0 Å². The average molecular weight is 189 g/mol. The minimum atomic E-state index is -0.579. The van der Waals surface area contributed by atoms with Crippen LogP contribution in [0.4, 0.5) is 0 Å². The summed E-state index contributed by atoms with van der Waals surface area (Å²) in [6.07, 6.45) is 2.94. The van der Waals surface area contributed by atoms with Gasteiger partial charge in [-0.2, -0.15) is 0 Å². The molecule has 1 aromatic rings. The maximum Gasteiger partial charge on any atom is 0.250 e. The van der Waals surface area contributed by atoms with E-state index in [4.69, 9.17) is 5.73 Å². The first kappa shape index (κ1) is 10.1. The molecule has 1 amide bonds. The van der Waals surface area contributed by atoms with Crippen molar-refractivity contribution < 1.29 is 4.79 Å². The summed E-state index contributed by atoms with van der Waals surface area (Å²) in [6.45, 7) is 8.93. The Morgan fingerprint density at radius 3 is 2.79 bits per heavy atom. The van der Waals surface area contributed by atoms with Gasteiger partial charge in [-0.05, 0) is 6.92 Å². The van der Waals surface area contributed by atoms with Crippen LogP contribution in [0.2, 0.25) is 0 Å². The predicted molar refractivity (Wildman–Crippen MR) is 54.3 cm³/mol. The van der Waals surface area contributed by atoms with Crippen molar-refractivity contribution in [2.45, 2.75) is 6.92 Å². The van der Waals surface area contributed by atoms with E-state index in [1.165, 1.54) is 6.08 Å². The van der Waals surface area contributed by atoms with E-state index in [1.807, 2.05) is 0 Å². The maximum absolute atomic E-state index is 11.0. The molecule has 1 rings (SSSR count). The molecule has 0 saturated carbocycles. The Morgan fingerprint density at radius 1 is 1.64 bits per heavy atom. The second-order valence-electron chi connectivity index (χ2n) is 2.79. The van der Waals surface area contributed by atoms with Crippen LogP contribution in [-0.2, 0) is 4.79 Å². The van der Waals surface area contributed by atoms with Gasteiger partial charge in [0.05, 0.1) is 16.6 Å². The summed E-state index contributed by atoms with van der Waals surface area (Å²) in [6, 6.07) is 0. The number of nitrogens with zero attached hydrogens (tertiary/aromatic N) is 2. The molecule has 0 saturated heterocycles. The summed E-state index contributed by atoms with van der Waals surface area (Å²) in [7, 11) is 0. The zero-order valence-corrected chi connectivity index (χ0v) is 7.95. The molecule has 4 heteroatoms. The Labute approximate surface area is 81.5 Å². The number of aryl methyl sites for hydroxylation is 1. The Hall–Kier alpha value is -1.97. The van der Waals surface area contributed by atoms with Crippen molar-refractivity contribution in [3.63, 3.8) is 0 Å². The van der Waals surface area contributed by atoms with Crippen molar-refractivity contribution in [2.24, 2.45) is 5.73 Å². The van der Waals surface area contributed by atoms with Crippen LogP contribution in [0.25, 0.3) is 12.2 Å². The summed E-state index contributed by atoms with van der Waals surface area (Å²) in [5.41, 5.74) is 6.10. The van der Waals surface area contributed by atoms with Crippen LogP contribution in [0, 0.1) is 6.92 Å². The molecule has 0 aromatic carbocycles. The Balaban J connectivity index is 3.72. The van der Waals surface area contributed by atoms with E-state index in [-0.39, 0.29) is 5.57 Å². The van der Waals surface area contributed by atoms with Crippen LogP contribution in [-0.4, -0.2) is 15.9 Å². The lowest BCUT2D eigenvalue weighted by Gasteiger charge is -1.96. The highest BCUT2D eigenvalue weighted by Gasteiger charge is 2.03. The fourth-order valence-corrected chi connectivity index (χ4v) is 1.03. The van der Waals surface area contributed by atoms with Crippen LogP contribution in [0.5, 0.6) is 0 Å². The molecular formula is C10H11N3O. The molecule has 0 aliphatic carbocycles. The first-order valence-electron chi connectivity index (χ1n) is 4.01. The molecule has 0 spiro atoms. The Kier molecular flexibility index (Phi) is 2.76. The molecule has 2 N–H and O–H groups in total. The predicted octanol–water partition coefficient (Wildman–Crippen LogP) is -0.983. The second kappa shape index (κ2) is 3.83. The zero-order chi connectivity index (χ0) is 10.7. The van der Waals surface area contributed by atoms with Gasteiger partial charge in [0.1, 0.15) is 5.35 Å². The summed E-state index contributed by atoms with van der Waals surface area (Å²) >= 11 is 0. The Bertz CT molecular complexity index is 491. The van der Waals surface area contributed by atoms with Crippen molar-refractivity contribution in [3.8, 4) is 0 Å². The van der Waals surface area contributed by atoms with E-state index in [1.54, 1.807) is 13.1 Å². The van der Waals surface area contributed by atoms with Crippen LogP contribution in [0.3, 0.4) is 0 Å². The highest BCUT2D eigenvalue weighted by molar-refractivity contribution is 6.15. The summed E-state index contributed by atoms with van der Waals surface area (Å²) in [5, 5.41) is 0.816. The molecule has 0 fully saturated rings. The molecule has 1 heterocycles. The largest absolute Gasteiger partial charge is 0.366 e. The number of hydrogen-bond acceptors (Lipinski definition) is 3. The Morgan fingerprint density at radius 2 is 2.29 bits per heavy atom. The topological polar surface area (TPSA) is 68.9 Å². The molecule has 4 nitrogen and oxygen atoms in total. The zero-order valence-electron chi connectivity index (χ0n) is 7.95. The van der Waals surface area contributed by atoms with Gasteiger partial charge >= 0.3 is 0 Å². The fourth-order valence-electron chi connectivity index (χ4n) is 1.03. The molecule has 0 atom stereocenters. The van der Waals surface area contributed by atoms with Gasteiger partial charge in [0.25, 0.3) is 5.91 Å². The third kappa shape index (κ3) is 1.85. The molecule has 72 valence electrons. The number of amides is 1. The number of aromatic nitrogens is 2. The SMILES string of the molecule is C=C/C(C(N)=O)=c1/nc(C)cnc1=C. The van der Waals surface area contributed by atoms with E-state index in [2.05, 4.69) is 23.1 Å². The lowest BCUT2D eigenvalue weighted by atomic mass is 10.2. The van der Waals surface area contributed by atoms with Crippen molar-refractivity contribution in [1.29, 1.82) is 0 Å². The van der Waals surface area contributed by atoms with E-state index in [0.29, 0.717) is 16.4 Å². The molecule has 0 aliphatic heterocycles. The van der Waals surface area contributed by atoms with Gasteiger partial charge in [0, 0.05) is 6.20 Å². The number of nitrogens with two attached hydrogens (primary N) is 1. The number of rotatable bonds is 2. The van der Waals surface area contributed by atoms with Crippen LogP contribution in [0.15, 0.2) is 18.9 Å². The van der Waals surface area contributed by atoms with Gasteiger partial charge in [0.15, 0.2) is 0 Å². The molecule has 0 bridgehead atoms. The summed E-state index contributed by atoms with van der Waals surface area (Å²) in [4.78, 5) is 19.1. The molecular weight excluding hydrogens is 178 g/mol. The van der Waals surface area contributed by atoms with E-state index < -0.39 is 5.91 Å². The molecule has 0 unspecified atom stereocenters. The van der Waals surface area contributed by atoms with E-state index >= 15 is 0 Å². The molecule has 0 aliphatic rings. The first-order chi connectivity index (χ1) is 6.56. The highest BCUT2D eigenvalue weighted by Crippen LogP contribution is 1.89. The number of carbonyl (C=O) groups is 1. The highest BCUT2D eigenvalue weighted by atomic mass is 16.1. The summed E-state index contributed by atoms with van der Waals surface area (Å²) in [5.74, 6) is -0.579. The standard InChI is InChI=1S/C10H11N3O/c1-4-8(10(11)14)9-7(3)12-5-6(2)13-9/h4-5H,1,3H2,2H3,(H2,11,14)/b9-8-. The second-order valence-corrected chi connectivity index (χ2v) is 2.79. The van der Waals surface area contributed by atoms with Crippen molar-refractivity contribution in [1.82, 2.24) is 9.97 Å². The lowest BCUT2D eigenvalue weighted by Crippen LogP contribution is -2.35. The molecule has 1 aromatic heterocycles. The van der Waals surface area contributed by atoms with Crippen molar-refractivity contribution in [3.05, 3.63) is 35.2 Å². The molecule has 0 radical (unpaired) electrons. The minimum absolute atomic E-state index is 0.242. The number of hydrogen-bond donors (Lipinski definition) is 1. The van der Waals surface area contributed by atoms with Crippen molar-refractivity contribution >= 4 is 18.1 Å². The quantitative estimate of drug-likeness (QED) is 0.650. The fraction of sp³-hybridized carbons (Fsp3) is 0.100. The number of primary amides is 1. The van der Waals surface area contributed by atoms with Gasteiger partial charge < -0.3 is 5.73 Å². The van der Waals surface area contributed by atoms with Crippen molar-refractivity contribution in [2.75, 3.05) is 0 Å². The first-order valence-corrected chi connectivity index (χ1v) is 4.01. The normalized spacial score (nSPS) is 12.1. The third-order valence-electron chi connectivity index (χ3n) is 1.69. The minimum Gasteiger partial charge on any atom is -0.366 e. The average Bonchev–Trinajstić information content (AvgIpc) is 2.11. The smallest absolute Gasteiger partial charge is 0.250 e. The third-order valence-corrected chi connectivity index (χ3v) is 1.69.